The predicted octanol–water partition coefficient (Wildman–Crippen LogP) is 5.80. The van der Waals surface area contributed by atoms with Crippen molar-refractivity contribution in [2.75, 3.05) is 31.2 Å². The number of para-hydroxylation sites is 1. The molecule has 1 aliphatic heterocycles. The molecule has 0 spiro atoms. The lowest BCUT2D eigenvalue weighted by molar-refractivity contribution is -0.142. The van der Waals surface area contributed by atoms with Crippen molar-refractivity contribution in [3.63, 3.8) is 0 Å². The largest absolute Gasteiger partial charge is 0.481 e. The van der Waals surface area contributed by atoms with Crippen molar-refractivity contribution in [2.24, 2.45) is 0 Å². The fraction of sp³-hybridized carbons (Fsp3) is 0.333. The minimum atomic E-state index is -0.976. The summed E-state index contributed by atoms with van der Waals surface area (Å²) in [4.78, 5) is 24.4. The molecule has 0 radical (unpaired) electrons. The third-order valence-electron chi connectivity index (χ3n) is 8.85. The van der Waals surface area contributed by atoms with Crippen molar-refractivity contribution in [2.45, 2.75) is 43.9 Å². The van der Waals surface area contributed by atoms with E-state index in [0.29, 0.717) is 19.1 Å². The van der Waals surface area contributed by atoms with Crippen LogP contribution >= 0.6 is 0 Å². The van der Waals surface area contributed by atoms with E-state index >= 15 is 0 Å². The molecule has 1 saturated heterocycles. The van der Waals surface area contributed by atoms with Crippen LogP contribution in [0, 0.1) is 0 Å². The van der Waals surface area contributed by atoms with Gasteiger partial charge in [-0.15, -0.1) is 0 Å². The zero-order chi connectivity index (χ0) is 28.1. The van der Waals surface area contributed by atoms with E-state index in [1.54, 1.807) is 13.8 Å². The SMILES string of the molecule is CC(C)(C(=O)O)c1ccc(-c2c([C@H]3C[C@H](c4ccc5ccccc5n4)C3)nc3c(N4CCOCC4)ccnn23)cc1. The van der Waals surface area contributed by atoms with Gasteiger partial charge in [-0.3, -0.25) is 9.78 Å². The number of morpholine rings is 1. The zero-order valence-electron chi connectivity index (χ0n) is 23.3. The van der Waals surface area contributed by atoms with Crippen molar-refractivity contribution in [1.82, 2.24) is 19.6 Å². The standard InChI is InChI=1S/C33H33N5O3/c1-33(2,32(39)40)25-10-7-22(8-11-25)30-29(36-31-28(13-14-34-38(30)31)37-15-17-41-18-16-37)24-19-23(20-24)27-12-9-21-5-3-4-6-26(21)35-27/h3-14,23-24H,15-20H2,1-2H3,(H,39,40)/t23-,24-. The number of hydrogen-bond donors (Lipinski definition) is 1. The Morgan fingerprint density at radius 1 is 0.927 bits per heavy atom. The topological polar surface area (TPSA) is 92.8 Å². The zero-order valence-corrected chi connectivity index (χ0v) is 23.3. The highest BCUT2D eigenvalue weighted by atomic mass is 16.5. The predicted molar refractivity (Wildman–Crippen MR) is 159 cm³/mol. The van der Waals surface area contributed by atoms with E-state index in [1.807, 2.05) is 53.2 Å². The van der Waals surface area contributed by atoms with Gasteiger partial charge in [0.2, 0.25) is 0 Å². The van der Waals surface area contributed by atoms with Crippen LogP contribution in [-0.2, 0) is 14.9 Å². The Balaban J connectivity index is 1.28. The van der Waals surface area contributed by atoms with Crippen molar-refractivity contribution in [1.29, 1.82) is 0 Å². The quantitative estimate of drug-likeness (QED) is 0.287. The maximum atomic E-state index is 11.9. The molecule has 2 aromatic carbocycles. The lowest BCUT2D eigenvalue weighted by Crippen LogP contribution is -2.36. The number of nitrogens with zero attached hydrogens (tertiary/aromatic N) is 5. The molecular weight excluding hydrogens is 514 g/mol. The summed E-state index contributed by atoms with van der Waals surface area (Å²) in [7, 11) is 0. The van der Waals surface area contributed by atoms with E-state index in [1.165, 1.54) is 0 Å². The molecule has 0 bridgehead atoms. The molecule has 1 aliphatic carbocycles. The summed E-state index contributed by atoms with van der Waals surface area (Å²) in [5.41, 5.74) is 6.87. The second-order valence-electron chi connectivity index (χ2n) is 11.7. The van der Waals surface area contributed by atoms with E-state index in [0.717, 1.165) is 76.4 Å². The third kappa shape index (κ3) is 4.43. The van der Waals surface area contributed by atoms with Gasteiger partial charge in [0.25, 0.3) is 0 Å². The smallest absolute Gasteiger partial charge is 0.313 e. The van der Waals surface area contributed by atoms with Crippen LogP contribution in [0.5, 0.6) is 0 Å². The number of aromatic nitrogens is 4. The van der Waals surface area contributed by atoms with Gasteiger partial charge >= 0.3 is 5.97 Å². The molecule has 0 amide bonds. The summed E-state index contributed by atoms with van der Waals surface area (Å²) in [6, 6.07) is 22.5. The summed E-state index contributed by atoms with van der Waals surface area (Å²) < 4.78 is 7.57. The molecule has 2 aliphatic rings. The molecule has 7 rings (SSSR count). The molecule has 1 saturated carbocycles. The van der Waals surface area contributed by atoms with Crippen molar-refractivity contribution >= 4 is 28.2 Å². The minimum absolute atomic E-state index is 0.276. The monoisotopic (exact) mass is 547 g/mol. The van der Waals surface area contributed by atoms with E-state index in [4.69, 9.17) is 19.8 Å². The van der Waals surface area contributed by atoms with Gasteiger partial charge in [-0.1, -0.05) is 48.5 Å². The van der Waals surface area contributed by atoms with Crippen molar-refractivity contribution in [3.8, 4) is 11.3 Å². The van der Waals surface area contributed by atoms with Gasteiger partial charge in [0.1, 0.15) is 0 Å². The molecule has 0 unspecified atom stereocenters. The number of fused-ring (bicyclic) bond motifs is 2. The normalized spacial score (nSPS) is 19.4. The Morgan fingerprint density at radius 2 is 1.68 bits per heavy atom. The molecule has 208 valence electrons. The van der Waals surface area contributed by atoms with E-state index in [-0.39, 0.29) is 5.92 Å². The maximum Gasteiger partial charge on any atom is 0.313 e. The Morgan fingerprint density at radius 3 is 2.44 bits per heavy atom. The summed E-state index contributed by atoms with van der Waals surface area (Å²) in [5, 5.41) is 15.7. The Hall–Kier alpha value is -4.30. The molecule has 41 heavy (non-hydrogen) atoms. The highest BCUT2D eigenvalue weighted by Gasteiger charge is 2.37. The number of pyridine rings is 1. The molecule has 4 heterocycles. The number of carboxylic acids is 1. The third-order valence-corrected chi connectivity index (χ3v) is 8.85. The van der Waals surface area contributed by atoms with Crippen LogP contribution < -0.4 is 4.90 Å². The first-order valence-electron chi connectivity index (χ1n) is 14.3. The number of imidazole rings is 1. The van der Waals surface area contributed by atoms with Crippen molar-refractivity contribution < 1.29 is 14.6 Å². The minimum Gasteiger partial charge on any atom is -0.481 e. The average molecular weight is 548 g/mol. The number of hydrogen-bond acceptors (Lipinski definition) is 6. The number of carboxylic acid groups (broad SMARTS) is 1. The maximum absolute atomic E-state index is 11.9. The molecule has 8 heteroatoms. The first-order chi connectivity index (χ1) is 19.9. The summed E-state index contributed by atoms with van der Waals surface area (Å²) in [6.45, 7) is 6.48. The average Bonchev–Trinajstić information content (AvgIpc) is 3.36. The Kier molecular flexibility index (Phi) is 6.23. The second kappa shape index (κ2) is 9.96. The Bertz CT molecular complexity index is 1750. The van der Waals surface area contributed by atoms with Gasteiger partial charge in [-0.25, -0.2) is 9.50 Å². The second-order valence-corrected chi connectivity index (χ2v) is 11.7. The van der Waals surface area contributed by atoms with Crippen molar-refractivity contribution in [3.05, 3.63) is 89.9 Å². The number of carbonyl (C=O) groups is 1. The summed E-state index contributed by atoms with van der Waals surface area (Å²) in [5.74, 6) is -0.189. The van der Waals surface area contributed by atoms with E-state index in [2.05, 4.69) is 29.2 Å². The van der Waals surface area contributed by atoms with Gasteiger partial charge in [0.15, 0.2) is 5.65 Å². The lowest BCUT2D eigenvalue weighted by Gasteiger charge is -2.34. The number of ether oxygens (including phenoxy) is 1. The van der Waals surface area contributed by atoms with Crippen LogP contribution in [0.15, 0.2) is 72.9 Å². The van der Waals surface area contributed by atoms with E-state index < -0.39 is 11.4 Å². The van der Waals surface area contributed by atoms with Crippen LogP contribution in [0.3, 0.4) is 0 Å². The number of aliphatic carboxylic acids is 1. The molecule has 0 atom stereocenters. The molecular formula is C33H33N5O3. The highest BCUT2D eigenvalue weighted by Crippen LogP contribution is 2.49. The fourth-order valence-electron chi connectivity index (χ4n) is 6.12. The van der Waals surface area contributed by atoms with E-state index in [9.17, 15) is 9.90 Å². The first-order valence-corrected chi connectivity index (χ1v) is 14.3. The van der Waals surface area contributed by atoms with Crippen LogP contribution in [-0.4, -0.2) is 57.0 Å². The van der Waals surface area contributed by atoms with Gasteiger partial charge in [0, 0.05) is 41.6 Å². The summed E-state index contributed by atoms with van der Waals surface area (Å²) >= 11 is 0. The van der Waals surface area contributed by atoms with Gasteiger partial charge in [-0.05, 0) is 50.5 Å². The highest BCUT2D eigenvalue weighted by molar-refractivity contribution is 5.81. The number of anilines is 1. The van der Waals surface area contributed by atoms with Crippen LogP contribution in [0.4, 0.5) is 5.69 Å². The number of rotatable bonds is 6. The summed E-state index contributed by atoms with van der Waals surface area (Å²) in [6.07, 6.45) is 3.79. The molecule has 3 aromatic heterocycles. The van der Waals surface area contributed by atoms with Gasteiger partial charge in [0.05, 0.1) is 47.4 Å². The molecule has 2 fully saturated rings. The first kappa shape index (κ1) is 25.7. The van der Waals surface area contributed by atoms with Crippen LogP contribution in [0.25, 0.3) is 27.8 Å². The van der Waals surface area contributed by atoms with Crippen LogP contribution in [0.1, 0.15) is 55.5 Å². The molecule has 8 nitrogen and oxygen atoms in total. The fourth-order valence-corrected chi connectivity index (χ4v) is 6.12. The van der Waals surface area contributed by atoms with Gasteiger partial charge < -0.3 is 14.7 Å². The lowest BCUT2D eigenvalue weighted by atomic mass is 9.70. The Labute approximate surface area is 238 Å². The molecule has 5 aromatic rings. The van der Waals surface area contributed by atoms with Crippen LogP contribution in [0.2, 0.25) is 0 Å². The number of benzene rings is 2. The molecule has 1 N–H and O–H groups in total. The van der Waals surface area contributed by atoms with Gasteiger partial charge in [-0.2, -0.15) is 5.10 Å².